The highest BCUT2D eigenvalue weighted by Gasteiger charge is 2.32. The van der Waals surface area contributed by atoms with E-state index in [1.807, 2.05) is 24.3 Å². The first kappa shape index (κ1) is 23.1. The van der Waals surface area contributed by atoms with Gasteiger partial charge in [-0.05, 0) is 18.7 Å². The summed E-state index contributed by atoms with van der Waals surface area (Å²) in [7, 11) is 6.10. The Labute approximate surface area is 186 Å². The van der Waals surface area contributed by atoms with Gasteiger partial charge < -0.3 is 29.3 Å². The number of rotatable bonds is 8. The summed E-state index contributed by atoms with van der Waals surface area (Å²) in [6.45, 7) is 3.91. The highest BCUT2D eigenvalue weighted by molar-refractivity contribution is 6.00. The number of carbonyl (C=O) groups is 1. The Morgan fingerprint density at radius 2 is 1.72 bits per heavy atom. The third-order valence-corrected chi connectivity index (χ3v) is 5.51. The number of amides is 1. The zero-order valence-corrected chi connectivity index (χ0v) is 18.7. The van der Waals surface area contributed by atoms with Crippen LogP contribution in [-0.2, 0) is 6.54 Å². The Morgan fingerprint density at radius 1 is 1.06 bits per heavy atom. The number of hydrogen-bond donors (Lipinski definition) is 1. The number of piperazine rings is 1. The van der Waals surface area contributed by atoms with Crippen LogP contribution in [0.3, 0.4) is 0 Å². The molecule has 1 N–H and O–H groups in total. The van der Waals surface area contributed by atoms with Crippen LogP contribution < -0.4 is 24.4 Å². The summed E-state index contributed by atoms with van der Waals surface area (Å²) in [6, 6.07) is 9.12. The lowest BCUT2D eigenvalue weighted by Crippen LogP contribution is -2.45. The number of nitrogens with one attached hydrogen (secondary N) is 1. The average Bonchev–Trinajstić information content (AvgIpc) is 2.81. The highest BCUT2D eigenvalue weighted by atomic mass is 16.6. The molecule has 0 spiro atoms. The maximum absolute atomic E-state index is 13.0. The van der Waals surface area contributed by atoms with Gasteiger partial charge in [-0.15, -0.1) is 0 Å². The Morgan fingerprint density at radius 3 is 2.31 bits per heavy atom. The van der Waals surface area contributed by atoms with E-state index in [1.54, 1.807) is 0 Å². The van der Waals surface area contributed by atoms with E-state index in [2.05, 4.69) is 22.2 Å². The standard InChI is InChI=1S/C22H28N4O6/c1-24-9-11-25(12-10-24)17-8-6-5-7-15(17)14-23-22(27)16-13-18(30-2)20(31-3)21(32-4)19(16)26(28)29/h5-8,13H,9-12,14H2,1-4H3,(H,23,27). The molecular formula is C22H28N4O6. The molecule has 0 unspecified atom stereocenters. The van der Waals surface area contributed by atoms with Crippen molar-refractivity contribution in [2.24, 2.45) is 0 Å². The van der Waals surface area contributed by atoms with E-state index in [4.69, 9.17) is 14.2 Å². The van der Waals surface area contributed by atoms with Crippen molar-refractivity contribution < 1.29 is 23.9 Å². The number of hydrogen-bond acceptors (Lipinski definition) is 8. The summed E-state index contributed by atoms with van der Waals surface area (Å²) in [5, 5.41) is 14.6. The SMILES string of the molecule is COc1cc(C(=O)NCc2ccccc2N2CCN(C)CC2)c([N+](=O)[O-])c(OC)c1OC. The fraction of sp³-hybridized carbons (Fsp3) is 0.409. The monoisotopic (exact) mass is 444 g/mol. The summed E-state index contributed by atoms with van der Waals surface area (Å²) >= 11 is 0. The van der Waals surface area contributed by atoms with Crippen LogP contribution in [0.5, 0.6) is 17.2 Å². The molecule has 2 aromatic carbocycles. The van der Waals surface area contributed by atoms with E-state index in [1.165, 1.54) is 27.4 Å². The van der Waals surface area contributed by atoms with Gasteiger partial charge in [0.05, 0.1) is 26.3 Å². The van der Waals surface area contributed by atoms with Crippen molar-refractivity contribution >= 4 is 17.3 Å². The number of nitro benzene ring substituents is 1. The molecule has 32 heavy (non-hydrogen) atoms. The largest absolute Gasteiger partial charge is 0.493 e. The zero-order valence-electron chi connectivity index (χ0n) is 18.7. The number of methoxy groups -OCH3 is 3. The van der Waals surface area contributed by atoms with Crippen molar-refractivity contribution in [3.8, 4) is 17.2 Å². The molecule has 1 amide bonds. The second-order valence-electron chi connectivity index (χ2n) is 7.40. The lowest BCUT2D eigenvalue weighted by Gasteiger charge is -2.35. The maximum atomic E-state index is 13.0. The predicted molar refractivity (Wildman–Crippen MR) is 120 cm³/mol. The van der Waals surface area contributed by atoms with Crippen molar-refractivity contribution in [3.05, 3.63) is 51.6 Å². The van der Waals surface area contributed by atoms with Crippen LogP contribution in [0.25, 0.3) is 0 Å². The van der Waals surface area contributed by atoms with Crippen molar-refractivity contribution in [2.45, 2.75) is 6.54 Å². The summed E-state index contributed by atoms with van der Waals surface area (Å²) in [4.78, 5) is 28.7. The topological polar surface area (TPSA) is 106 Å². The van der Waals surface area contributed by atoms with Gasteiger partial charge in [0.25, 0.3) is 5.91 Å². The quantitative estimate of drug-likeness (QED) is 0.488. The molecule has 2 aromatic rings. The van der Waals surface area contributed by atoms with Gasteiger partial charge in [-0.1, -0.05) is 18.2 Å². The van der Waals surface area contributed by atoms with Crippen LogP contribution in [0.1, 0.15) is 15.9 Å². The molecule has 0 atom stereocenters. The second kappa shape index (κ2) is 10.2. The third kappa shape index (κ3) is 4.70. The lowest BCUT2D eigenvalue weighted by atomic mass is 10.1. The molecule has 1 saturated heterocycles. The minimum absolute atomic E-state index is 0.0543. The van der Waals surface area contributed by atoms with Gasteiger partial charge >= 0.3 is 5.69 Å². The van der Waals surface area contributed by atoms with Crippen LogP contribution in [0, 0.1) is 10.1 Å². The summed E-state index contributed by atoms with van der Waals surface area (Å²) in [5.74, 6) is -0.555. The zero-order chi connectivity index (χ0) is 23.3. The first-order valence-corrected chi connectivity index (χ1v) is 10.2. The molecule has 1 heterocycles. The molecule has 0 aromatic heterocycles. The highest BCUT2D eigenvalue weighted by Crippen LogP contribution is 2.46. The smallest absolute Gasteiger partial charge is 0.327 e. The van der Waals surface area contributed by atoms with E-state index in [9.17, 15) is 14.9 Å². The first-order valence-electron chi connectivity index (χ1n) is 10.2. The number of ether oxygens (including phenoxy) is 3. The fourth-order valence-electron chi connectivity index (χ4n) is 3.78. The van der Waals surface area contributed by atoms with Crippen molar-refractivity contribution in [2.75, 3.05) is 59.5 Å². The van der Waals surface area contributed by atoms with Gasteiger partial charge in [0, 0.05) is 44.5 Å². The second-order valence-corrected chi connectivity index (χ2v) is 7.40. The maximum Gasteiger partial charge on any atom is 0.327 e. The number of anilines is 1. The number of benzene rings is 2. The molecular weight excluding hydrogens is 416 g/mol. The summed E-state index contributed by atoms with van der Waals surface area (Å²) in [5.41, 5.74) is 1.33. The van der Waals surface area contributed by atoms with Gasteiger partial charge in [-0.25, -0.2) is 0 Å². The number of likely N-dealkylation sites (N-methyl/N-ethyl adjacent to an activating group) is 1. The molecule has 1 aliphatic heterocycles. The molecule has 0 bridgehead atoms. The first-order chi connectivity index (χ1) is 15.4. The number of nitrogens with zero attached hydrogens (tertiary/aromatic N) is 3. The van der Waals surface area contributed by atoms with E-state index < -0.39 is 16.5 Å². The predicted octanol–water partition coefficient (Wildman–Crippen LogP) is 2.30. The normalized spacial score (nSPS) is 14.1. The Bertz CT molecular complexity index is 989. The van der Waals surface area contributed by atoms with Crippen LogP contribution in [0.15, 0.2) is 30.3 Å². The number of nitro groups is 1. The van der Waals surface area contributed by atoms with Gasteiger partial charge in [0.15, 0.2) is 5.75 Å². The molecule has 3 rings (SSSR count). The van der Waals surface area contributed by atoms with Crippen LogP contribution in [-0.4, -0.2) is 70.3 Å². The summed E-state index contributed by atoms with van der Waals surface area (Å²) in [6.07, 6.45) is 0. The van der Waals surface area contributed by atoms with Gasteiger partial charge in [0.2, 0.25) is 11.5 Å². The van der Waals surface area contributed by atoms with E-state index in [0.717, 1.165) is 37.4 Å². The van der Waals surface area contributed by atoms with Crippen LogP contribution in [0.4, 0.5) is 11.4 Å². The molecule has 10 heteroatoms. The minimum Gasteiger partial charge on any atom is -0.493 e. The lowest BCUT2D eigenvalue weighted by molar-refractivity contribution is -0.386. The van der Waals surface area contributed by atoms with Crippen LogP contribution >= 0.6 is 0 Å². The van der Waals surface area contributed by atoms with Gasteiger partial charge in [-0.2, -0.15) is 0 Å². The molecule has 0 aliphatic carbocycles. The number of para-hydroxylation sites is 1. The van der Waals surface area contributed by atoms with Gasteiger partial charge in [-0.3, -0.25) is 14.9 Å². The molecule has 172 valence electrons. The Balaban J connectivity index is 1.88. The van der Waals surface area contributed by atoms with Crippen molar-refractivity contribution in [1.82, 2.24) is 10.2 Å². The molecule has 10 nitrogen and oxygen atoms in total. The summed E-state index contributed by atoms with van der Waals surface area (Å²) < 4.78 is 15.7. The average molecular weight is 444 g/mol. The van der Waals surface area contributed by atoms with Crippen molar-refractivity contribution in [1.29, 1.82) is 0 Å². The van der Waals surface area contributed by atoms with Gasteiger partial charge in [0.1, 0.15) is 5.56 Å². The fourth-order valence-corrected chi connectivity index (χ4v) is 3.78. The Hall–Kier alpha value is -3.53. The molecule has 0 saturated carbocycles. The number of carbonyl (C=O) groups excluding carboxylic acids is 1. The molecule has 1 fully saturated rings. The third-order valence-electron chi connectivity index (χ3n) is 5.51. The van der Waals surface area contributed by atoms with Crippen LogP contribution in [0.2, 0.25) is 0 Å². The Kier molecular flexibility index (Phi) is 7.37. The molecule has 1 aliphatic rings. The molecule has 0 radical (unpaired) electrons. The van der Waals surface area contributed by atoms with Crippen molar-refractivity contribution in [3.63, 3.8) is 0 Å². The minimum atomic E-state index is -0.659. The van der Waals surface area contributed by atoms with E-state index in [-0.39, 0.29) is 29.4 Å². The van der Waals surface area contributed by atoms with E-state index in [0.29, 0.717) is 0 Å². The van der Waals surface area contributed by atoms with E-state index >= 15 is 0 Å².